The molecule has 0 spiro atoms. The number of benzene rings is 2. The summed E-state index contributed by atoms with van der Waals surface area (Å²) in [4.78, 5) is 27.3. The first-order valence-electron chi connectivity index (χ1n) is 7.84. The van der Waals surface area contributed by atoms with Crippen molar-refractivity contribution in [1.82, 2.24) is 9.78 Å². The standard InChI is InChI=1S/C18H15ClN4O4/c1-11-15(18(24)22(21-11)13-5-3-4-12(19)8-13)10-20-16-7-6-14(23(25)26)9-17(16)27-2/h3-10,21H,1-2H3. The normalized spacial score (nSPS) is 11.1. The van der Waals surface area contributed by atoms with E-state index in [4.69, 9.17) is 16.3 Å². The van der Waals surface area contributed by atoms with Gasteiger partial charge in [0.15, 0.2) is 5.75 Å². The Morgan fingerprint density at radius 1 is 1.30 bits per heavy atom. The SMILES string of the molecule is COc1cc([N+](=O)[O-])ccc1N=Cc1c(C)[nH]n(-c2cccc(Cl)c2)c1=O. The molecule has 1 aromatic heterocycles. The van der Waals surface area contributed by atoms with Crippen molar-refractivity contribution in [1.29, 1.82) is 0 Å². The van der Waals surface area contributed by atoms with E-state index in [1.165, 1.54) is 36.2 Å². The van der Waals surface area contributed by atoms with Crippen molar-refractivity contribution in [3.63, 3.8) is 0 Å². The summed E-state index contributed by atoms with van der Waals surface area (Å²) < 4.78 is 6.52. The number of non-ortho nitro benzene ring substituents is 1. The van der Waals surface area contributed by atoms with Crippen molar-refractivity contribution >= 4 is 29.2 Å². The highest BCUT2D eigenvalue weighted by molar-refractivity contribution is 6.30. The molecule has 0 aliphatic rings. The largest absolute Gasteiger partial charge is 0.494 e. The second-order valence-corrected chi connectivity index (χ2v) is 6.08. The molecule has 9 heteroatoms. The molecule has 0 aliphatic carbocycles. The topological polar surface area (TPSA) is 103 Å². The van der Waals surface area contributed by atoms with Gasteiger partial charge in [0.1, 0.15) is 5.69 Å². The molecule has 0 atom stereocenters. The summed E-state index contributed by atoms with van der Waals surface area (Å²) in [6.07, 6.45) is 1.40. The van der Waals surface area contributed by atoms with Crippen LogP contribution in [0.4, 0.5) is 11.4 Å². The van der Waals surface area contributed by atoms with E-state index in [-0.39, 0.29) is 17.0 Å². The van der Waals surface area contributed by atoms with E-state index in [2.05, 4.69) is 10.1 Å². The van der Waals surface area contributed by atoms with E-state index in [1.807, 2.05) is 0 Å². The minimum Gasteiger partial charge on any atom is -0.494 e. The van der Waals surface area contributed by atoms with Gasteiger partial charge in [-0.05, 0) is 31.2 Å². The number of aryl methyl sites for hydroxylation is 1. The fourth-order valence-electron chi connectivity index (χ4n) is 2.53. The Hall–Kier alpha value is -3.39. The lowest BCUT2D eigenvalue weighted by atomic mass is 10.2. The molecule has 1 heterocycles. The maximum atomic E-state index is 12.7. The highest BCUT2D eigenvalue weighted by Gasteiger charge is 2.13. The molecule has 0 radical (unpaired) electrons. The van der Waals surface area contributed by atoms with Crippen LogP contribution >= 0.6 is 11.6 Å². The Bertz CT molecular complexity index is 1100. The summed E-state index contributed by atoms with van der Waals surface area (Å²) in [5, 5.41) is 14.4. The van der Waals surface area contributed by atoms with Crippen molar-refractivity contribution < 1.29 is 9.66 Å². The molecule has 2 aromatic carbocycles. The zero-order chi connectivity index (χ0) is 19.6. The molecule has 0 saturated heterocycles. The van der Waals surface area contributed by atoms with E-state index in [1.54, 1.807) is 31.2 Å². The van der Waals surface area contributed by atoms with E-state index < -0.39 is 4.92 Å². The molecule has 0 bridgehead atoms. The Balaban J connectivity index is 1.99. The van der Waals surface area contributed by atoms with Crippen LogP contribution in [0.15, 0.2) is 52.3 Å². The summed E-state index contributed by atoms with van der Waals surface area (Å²) in [7, 11) is 1.39. The second kappa shape index (κ2) is 7.46. The molecule has 0 saturated carbocycles. The fraction of sp³-hybridized carbons (Fsp3) is 0.111. The second-order valence-electron chi connectivity index (χ2n) is 5.64. The quantitative estimate of drug-likeness (QED) is 0.409. The van der Waals surface area contributed by atoms with Crippen LogP contribution in [0.2, 0.25) is 5.02 Å². The van der Waals surface area contributed by atoms with Crippen LogP contribution in [-0.4, -0.2) is 28.0 Å². The summed E-state index contributed by atoms with van der Waals surface area (Å²) in [5.41, 5.74) is 1.55. The Morgan fingerprint density at radius 2 is 2.07 bits per heavy atom. The number of H-pyrrole nitrogens is 1. The Morgan fingerprint density at radius 3 is 2.74 bits per heavy atom. The maximum absolute atomic E-state index is 12.7. The van der Waals surface area contributed by atoms with Gasteiger partial charge in [0.2, 0.25) is 0 Å². The number of nitrogens with one attached hydrogen (secondary N) is 1. The van der Waals surface area contributed by atoms with E-state index in [9.17, 15) is 14.9 Å². The van der Waals surface area contributed by atoms with Crippen molar-refractivity contribution in [2.75, 3.05) is 7.11 Å². The van der Waals surface area contributed by atoms with Gasteiger partial charge in [-0.2, -0.15) is 0 Å². The van der Waals surface area contributed by atoms with Gasteiger partial charge in [0.05, 0.1) is 29.4 Å². The van der Waals surface area contributed by atoms with Gasteiger partial charge in [0.25, 0.3) is 11.2 Å². The predicted molar refractivity (Wildman–Crippen MR) is 103 cm³/mol. The monoisotopic (exact) mass is 386 g/mol. The Labute approximate surface area is 158 Å². The first-order valence-corrected chi connectivity index (χ1v) is 8.22. The molecule has 8 nitrogen and oxygen atoms in total. The zero-order valence-corrected chi connectivity index (χ0v) is 15.2. The van der Waals surface area contributed by atoms with Gasteiger partial charge in [-0.1, -0.05) is 17.7 Å². The number of aliphatic imine (C=N–C) groups is 1. The zero-order valence-electron chi connectivity index (χ0n) is 14.5. The average Bonchev–Trinajstić information content (AvgIpc) is 2.93. The Kier molecular flexibility index (Phi) is 5.09. The molecule has 0 unspecified atom stereocenters. The summed E-state index contributed by atoms with van der Waals surface area (Å²) in [5.74, 6) is 0.240. The van der Waals surface area contributed by atoms with Crippen LogP contribution in [0, 0.1) is 17.0 Å². The molecular weight excluding hydrogens is 372 g/mol. The van der Waals surface area contributed by atoms with Crippen LogP contribution in [0.3, 0.4) is 0 Å². The van der Waals surface area contributed by atoms with E-state index in [0.29, 0.717) is 27.7 Å². The highest BCUT2D eigenvalue weighted by atomic mass is 35.5. The molecule has 0 aliphatic heterocycles. The lowest BCUT2D eigenvalue weighted by Crippen LogP contribution is -2.17. The first-order chi connectivity index (χ1) is 12.9. The van der Waals surface area contributed by atoms with Gasteiger partial charge in [-0.15, -0.1) is 0 Å². The van der Waals surface area contributed by atoms with Crippen molar-refractivity contribution in [2.24, 2.45) is 4.99 Å². The number of hydrogen-bond donors (Lipinski definition) is 1. The number of nitrogens with zero attached hydrogens (tertiary/aromatic N) is 3. The third kappa shape index (κ3) is 3.75. The van der Waals surface area contributed by atoms with Gasteiger partial charge in [-0.3, -0.25) is 25.0 Å². The molecule has 0 fully saturated rings. The third-order valence-corrected chi connectivity index (χ3v) is 4.13. The van der Waals surface area contributed by atoms with Gasteiger partial charge < -0.3 is 4.74 Å². The molecule has 0 amide bonds. The molecule has 138 valence electrons. The van der Waals surface area contributed by atoms with Crippen molar-refractivity contribution in [2.45, 2.75) is 6.92 Å². The lowest BCUT2D eigenvalue weighted by molar-refractivity contribution is -0.384. The van der Waals surface area contributed by atoms with E-state index >= 15 is 0 Å². The average molecular weight is 387 g/mol. The first kappa shape index (κ1) is 18.4. The van der Waals surface area contributed by atoms with E-state index in [0.717, 1.165) is 0 Å². The number of nitro groups is 1. The van der Waals surface area contributed by atoms with Crippen LogP contribution in [0.1, 0.15) is 11.3 Å². The van der Waals surface area contributed by atoms with Crippen molar-refractivity contribution in [3.8, 4) is 11.4 Å². The minimum atomic E-state index is -0.518. The van der Waals surface area contributed by atoms with Crippen LogP contribution in [0.25, 0.3) is 5.69 Å². The molecule has 3 aromatic rings. The lowest BCUT2D eigenvalue weighted by Gasteiger charge is -2.03. The summed E-state index contributed by atoms with van der Waals surface area (Å²) in [6, 6.07) is 10.9. The van der Waals surface area contributed by atoms with Gasteiger partial charge in [-0.25, -0.2) is 4.68 Å². The smallest absolute Gasteiger partial charge is 0.280 e. The molecular formula is C18H15ClN4O4. The number of aromatic amines is 1. The number of halogens is 1. The van der Waals surface area contributed by atoms with Crippen molar-refractivity contribution in [3.05, 3.63) is 79.2 Å². The van der Waals surface area contributed by atoms with Crippen LogP contribution in [0.5, 0.6) is 5.75 Å². The number of hydrogen-bond acceptors (Lipinski definition) is 5. The highest BCUT2D eigenvalue weighted by Crippen LogP contribution is 2.31. The number of rotatable bonds is 5. The number of aromatic nitrogens is 2. The van der Waals surface area contributed by atoms with Crippen LogP contribution < -0.4 is 10.3 Å². The van der Waals surface area contributed by atoms with Gasteiger partial charge in [0, 0.05) is 23.0 Å². The fourth-order valence-corrected chi connectivity index (χ4v) is 2.71. The number of nitro benzene ring substituents is 1. The van der Waals surface area contributed by atoms with Gasteiger partial charge >= 0.3 is 0 Å². The summed E-state index contributed by atoms with van der Waals surface area (Å²) >= 11 is 5.99. The molecule has 1 N–H and O–H groups in total. The minimum absolute atomic E-state index is 0.105. The number of methoxy groups -OCH3 is 1. The summed E-state index contributed by atoms with van der Waals surface area (Å²) in [6.45, 7) is 1.75. The number of ether oxygens (including phenoxy) is 1. The van der Waals surface area contributed by atoms with Crippen LogP contribution in [-0.2, 0) is 0 Å². The maximum Gasteiger partial charge on any atom is 0.280 e. The molecule has 27 heavy (non-hydrogen) atoms. The molecule has 3 rings (SSSR count). The third-order valence-electron chi connectivity index (χ3n) is 3.89. The predicted octanol–water partition coefficient (Wildman–Crippen LogP) is 3.79.